The van der Waals surface area contributed by atoms with Gasteiger partial charge < -0.3 is 9.84 Å². The van der Waals surface area contributed by atoms with Crippen LogP contribution < -0.4 is 5.32 Å². The molecule has 26 heavy (non-hydrogen) atoms. The fourth-order valence-corrected chi connectivity index (χ4v) is 3.61. The van der Waals surface area contributed by atoms with Gasteiger partial charge in [0.05, 0.1) is 11.3 Å². The quantitative estimate of drug-likeness (QED) is 0.630. The van der Waals surface area contributed by atoms with Crippen molar-refractivity contribution in [2.45, 2.75) is 24.5 Å². The Bertz CT molecular complexity index is 937. The number of amides is 1. The third-order valence-electron chi connectivity index (χ3n) is 3.86. The monoisotopic (exact) mass is 374 g/mol. The lowest BCUT2D eigenvalue weighted by Crippen LogP contribution is -2.13. The molecule has 4 nitrogen and oxygen atoms in total. The predicted molar refractivity (Wildman–Crippen MR) is 96.3 cm³/mol. The first-order valence-corrected chi connectivity index (χ1v) is 8.84. The van der Waals surface area contributed by atoms with E-state index in [0.29, 0.717) is 11.3 Å². The van der Waals surface area contributed by atoms with Crippen molar-refractivity contribution in [3.05, 3.63) is 76.7 Å². The molecule has 3 aromatic rings. The van der Waals surface area contributed by atoms with Gasteiger partial charge in [0.2, 0.25) is 0 Å². The van der Waals surface area contributed by atoms with E-state index in [1.54, 1.807) is 12.1 Å². The van der Waals surface area contributed by atoms with E-state index in [1.165, 1.54) is 17.8 Å². The van der Waals surface area contributed by atoms with Gasteiger partial charge in [0, 0.05) is 28.0 Å². The van der Waals surface area contributed by atoms with E-state index in [2.05, 4.69) is 10.5 Å². The number of halogens is 2. The Morgan fingerprint density at radius 3 is 2.62 bits per heavy atom. The van der Waals surface area contributed by atoms with Crippen LogP contribution in [0.2, 0.25) is 0 Å². The molecule has 0 atom stereocenters. The summed E-state index contributed by atoms with van der Waals surface area (Å²) in [4.78, 5) is 13.3. The summed E-state index contributed by atoms with van der Waals surface area (Å²) < 4.78 is 31.5. The summed E-state index contributed by atoms with van der Waals surface area (Å²) in [6, 6.07) is 10.4. The molecule has 0 spiro atoms. The lowest BCUT2D eigenvalue weighted by atomic mass is 10.2. The Kier molecular flexibility index (Phi) is 5.37. The summed E-state index contributed by atoms with van der Waals surface area (Å²) in [5, 5.41) is 6.52. The molecule has 0 unspecified atom stereocenters. The summed E-state index contributed by atoms with van der Waals surface area (Å²) in [5.74, 6) is -1.00. The molecule has 0 saturated carbocycles. The number of aryl methyl sites for hydroxylation is 2. The molecule has 1 aromatic heterocycles. The molecule has 0 aliphatic heterocycles. The molecular weight excluding hydrogens is 358 g/mol. The molecule has 1 heterocycles. The molecule has 0 aliphatic rings. The maximum Gasteiger partial charge on any atom is 0.256 e. The number of carbonyl (C=O) groups is 1. The van der Waals surface area contributed by atoms with Crippen molar-refractivity contribution >= 4 is 23.4 Å². The summed E-state index contributed by atoms with van der Waals surface area (Å²) in [5.41, 5.74) is 2.46. The molecule has 0 fully saturated rings. The van der Waals surface area contributed by atoms with Crippen molar-refractivity contribution in [2.75, 3.05) is 5.32 Å². The van der Waals surface area contributed by atoms with Crippen molar-refractivity contribution in [1.29, 1.82) is 0 Å². The van der Waals surface area contributed by atoms with Crippen LogP contribution in [-0.2, 0) is 5.75 Å². The first kappa shape index (κ1) is 18.1. The van der Waals surface area contributed by atoms with E-state index in [-0.39, 0.29) is 5.69 Å². The van der Waals surface area contributed by atoms with Gasteiger partial charge in [0.25, 0.3) is 5.91 Å². The lowest BCUT2D eigenvalue weighted by Gasteiger charge is -2.10. The summed E-state index contributed by atoms with van der Waals surface area (Å²) in [6.45, 7) is 3.71. The normalized spacial score (nSPS) is 10.8. The number of aromatic nitrogens is 1. The van der Waals surface area contributed by atoms with Crippen LogP contribution in [0.15, 0.2) is 51.9 Å². The molecular formula is C19H16F2N2O2S. The minimum absolute atomic E-state index is 0.194. The van der Waals surface area contributed by atoms with Gasteiger partial charge >= 0.3 is 0 Å². The van der Waals surface area contributed by atoms with E-state index in [0.717, 1.165) is 34.0 Å². The zero-order valence-corrected chi connectivity index (χ0v) is 15.0. The fraction of sp³-hybridized carbons (Fsp3) is 0.158. The number of thioether (sulfide) groups is 1. The number of nitrogens with zero attached hydrogens (tertiary/aromatic N) is 1. The molecule has 1 N–H and O–H groups in total. The number of anilines is 1. The van der Waals surface area contributed by atoms with Gasteiger partial charge in [-0.25, -0.2) is 8.78 Å². The molecule has 0 saturated heterocycles. The van der Waals surface area contributed by atoms with Crippen LogP contribution in [0, 0.1) is 25.5 Å². The first-order chi connectivity index (χ1) is 12.5. The van der Waals surface area contributed by atoms with Crippen LogP contribution in [0.3, 0.4) is 0 Å². The molecule has 7 heteroatoms. The average molecular weight is 374 g/mol. The van der Waals surface area contributed by atoms with Crippen molar-refractivity contribution in [3.8, 4) is 0 Å². The second kappa shape index (κ2) is 7.70. The van der Waals surface area contributed by atoms with Crippen molar-refractivity contribution in [1.82, 2.24) is 5.16 Å². The average Bonchev–Trinajstić information content (AvgIpc) is 2.94. The molecule has 0 aliphatic carbocycles. The van der Waals surface area contributed by atoms with Gasteiger partial charge in [0.1, 0.15) is 5.76 Å². The summed E-state index contributed by atoms with van der Waals surface area (Å²) in [7, 11) is 0. The second-order valence-corrected chi connectivity index (χ2v) is 6.69. The number of carbonyl (C=O) groups excluding carboxylic acids is 1. The van der Waals surface area contributed by atoms with Gasteiger partial charge in [-0.15, -0.1) is 11.8 Å². The van der Waals surface area contributed by atoms with Crippen LogP contribution in [0.25, 0.3) is 0 Å². The third-order valence-corrected chi connectivity index (χ3v) is 4.96. The number of nitrogens with one attached hydrogen (secondary N) is 1. The Labute approximate surface area is 153 Å². The Morgan fingerprint density at radius 2 is 1.92 bits per heavy atom. The predicted octanol–water partition coefficient (Wildman–Crippen LogP) is 5.11. The summed E-state index contributed by atoms with van der Waals surface area (Å²) in [6.07, 6.45) is 0. The number of hydrogen-bond donors (Lipinski definition) is 1. The highest BCUT2D eigenvalue weighted by atomic mass is 32.2. The highest BCUT2D eigenvalue weighted by Gasteiger charge is 2.15. The maximum absolute atomic E-state index is 13.3. The van der Waals surface area contributed by atoms with E-state index in [4.69, 9.17) is 4.52 Å². The van der Waals surface area contributed by atoms with Crippen LogP contribution >= 0.6 is 11.8 Å². The van der Waals surface area contributed by atoms with Gasteiger partial charge in [-0.1, -0.05) is 17.3 Å². The topological polar surface area (TPSA) is 55.1 Å². The number of rotatable bonds is 5. The minimum Gasteiger partial charge on any atom is -0.361 e. The smallest absolute Gasteiger partial charge is 0.256 e. The van der Waals surface area contributed by atoms with Crippen LogP contribution in [-0.4, -0.2) is 11.1 Å². The van der Waals surface area contributed by atoms with E-state index in [1.807, 2.05) is 26.0 Å². The van der Waals surface area contributed by atoms with Gasteiger partial charge in [0.15, 0.2) is 11.6 Å². The third kappa shape index (κ3) is 3.94. The Balaban J connectivity index is 1.77. The molecule has 2 aromatic carbocycles. The largest absolute Gasteiger partial charge is 0.361 e. The van der Waals surface area contributed by atoms with Gasteiger partial charge in [-0.2, -0.15) is 0 Å². The molecule has 0 radical (unpaired) electrons. The highest BCUT2D eigenvalue weighted by Crippen LogP contribution is 2.29. The standard InChI is InChI=1S/C19H16F2N2O2S/c1-11-15(12(2)25-23-11)10-26-18-6-4-3-5-14(18)19(24)22-13-7-8-16(20)17(21)9-13/h3-9H,10H2,1-2H3,(H,22,24). The second-order valence-electron chi connectivity index (χ2n) is 5.67. The van der Waals surface area contributed by atoms with Gasteiger partial charge in [-0.05, 0) is 38.1 Å². The van der Waals surface area contributed by atoms with Crippen LogP contribution in [0.5, 0.6) is 0 Å². The fourth-order valence-electron chi connectivity index (χ4n) is 2.41. The van der Waals surface area contributed by atoms with E-state index in [9.17, 15) is 13.6 Å². The minimum atomic E-state index is -1.01. The summed E-state index contributed by atoms with van der Waals surface area (Å²) >= 11 is 1.48. The van der Waals surface area contributed by atoms with Crippen molar-refractivity contribution in [3.63, 3.8) is 0 Å². The Hall–Kier alpha value is -2.67. The zero-order valence-electron chi connectivity index (χ0n) is 14.2. The first-order valence-electron chi connectivity index (χ1n) is 7.85. The van der Waals surface area contributed by atoms with E-state index < -0.39 is 17.5 Å². The van der Waals surface area contributed by atoms with E-state index >= 15 is 0 Å². The van der Waals surface area contributed by atoms with Gasteiger partial charge in [-0.3, -0.25) is 4.79 Å². The SMILES string of the molecule is Cc1noc(C)c1CSc1ccccc1C(=O)Nc1ccc(F)c(F)c1. The molecule has 134 valence electrons. The van der Waals surface area contributed by atoms with Crippen LogP contribution in [0.1, 0.15) is 27.4 Å². The molecule has 1 amide bonds. The molecule has 3 rings (SSSR count). The lowest BCUT2D eigenvalue weighted by molar-refractivity contribution is 0.102. The molecule has 0 bridgehead atoms. The maximum atomic E-state index is 13.3. The highest BCUT2D eigenvalue weighted by molar-refractivity contribution is 7.98. The number of benzene rings is 2. The van der Waals surface area contributed by atoms with Crippen molar-refractivity contribution < 1.29 is 18.1 Å². The van der Waals surface area contributed by atoms with Crippen LogP contribution in [0.4, 0.5) is 14.5 Å². The Morgan fingerprint density at radius 1 is 1.15 bits per heavy atom. The van der Waals surface area contributed by atoms with Crippen molar-refractivity contribution in [2.24, 2.45) is 0 Å². The number of hydrogen-bond acceptors (Lipinski definition) is 4. The zero-order chi connectivity index (χ0) is 18.7.